The van der Waals surface area contributed by atoms with Crippen LogP contribution in [-0.4, -0.2) is 42.5 Å². The van der Waals surface area contributed by atoms with Gasteiger partial charge in [-0.1, -0.05) is 6.92 Å². The molecule has 0 radical (unpaired) electrons. The van der Waals surface area contributed by atoms with E-state index < -0.39 is 9.84 Å². The van der Waals surface area contributed by atoms with Gasteiger partial charge in [0.05, 0.1) is 11.5 Å². The molecule has 1 aromatic heterocycles. The SMILES string of the molecule is CCCNc1nccc(NC2CCCS(=O)(=O)C2)n1. The Morgan fingerprint density at radius 3 is 3.05 bits per heavy atom. The van der Waals surface area contributed by atoms with Crippen molar-refractivity contribution >= 4 is 21.6 Å². The topological polar surface area (TPSA) is 84.0 Å². The predicted molar refractivity (Wildman–Crippen MR) is 76.1 cm³/mol. The summed E-state index contributed by atoms with van der Waals surface area (Å²) in [6, 6.07) is 1.71. The number of nitrogens with zero attached hydrogens (tertiary/aromatic N) is 2. The molecule has 1 aromatic rings. The van der Waals surface area contributed by atoms with E-state index in [0.717, 1.165) is 19.4 Å². The number of nitrogens with one attached hydrogen (secondary N) is 2. The summed E-state index contributed by atoms with van der Waals surface area (Å²) in [5.41, 5.74) is 0. The van der Waals surface area contributed by atoms with E-state index >= 15 is 0 Å². The third-order valence-electron chi connectivity index (χ3n) is 3.00. The summed E-state index contributed by atoms with van der Waals surface area (Å²) in [6.07, 6.45) is 4.25. The molecular weight excluding hydrogens is 264 g/mol. The molecular formula is C12H20N4O2S. The van der Waals surface area contributed by atoms with Gasteiger partial charge >= 0.3 is 0 Å². The maximum atomic E-state index is 11.6. The molecule has 0 saturated carbocycles. The standard InChI is InChI=1S/C12H20N4O2S/c1-2-6-13-12-14-7-5-11(16-12)15-10-4-3-8-19(17,18)9-10/h5,7,10H,2-4,6,8-9H2,1H3,(H2,13,14,15,16). The summed E-state index contributed by atoms with van der Waals surface area (Å²) in [7, 11) is -2.90. The first kappa shape index (κ1) is 14.0. The zero-order valence-corrected chi connectivity index (χ0v) is 11.9. The highest BCUT2D eigenvalue weighted by Gasteiger charge is 2.24. The van der Waals surface area contributed by atoms with Gasteiger partial charge in [0.15, 0.2) is 9.84 Å². The van der Waals surface area contributed by atoms with Crippen LogP contribution >= 0.6 is 0 Å². The molecule has 2 N–H and O–H groups in total. The third-order valence-corrected chi connectivity index (χ3v) is 4.82. The van der Waals surface area contributed by atoms with Crippen LogP contribution in [0.5, 0.6) is 0 Å². The Kier molecular flexibility index (Phi) is 4.57. The van der Waals surface area contributed by atoms with Crippen LogP contribution < -0.4 is 10.6 Å². The quantitative estimate of drug-likeness (QED) is 0.847. The maximum absolute atomic E-state index is 11.6. The molecule has 1 aliphatic rings. The first-order valence-corrected chi connectivity index (χ1v) is 8.45. The van der Waals surface area contributed by atoms with Crippen molar-refractivity contribution in [3.8, 4) is 0 Å². The lowest BCUT2D eigenvalue weighted by atomic mass is 10.2. The average Bonchev–Trinajstić information content (AvgIpc) is 2.35. The molecule has 7 heteroatoms. The van der Waals surface area contributed by atoms with Crippen molar-refractivity contribution in [1.29, 1.82) is 0 Å². The van der Waals surface area contributed by atoms with E-state index in [1.54, 1.807) is 12.3 Å². The molecule has 1 saturated heterocycles. The lowest BCUT2D eigenvalue weighted by molar-refractivity contribution is 0.561. The molecule has 0 aromatic carbocycles. The lowest BCUT2D eigenvalue weighted by Crippen LogP contribution is -2.35. The molecule has 19 heavy (non-hydrogen) atoms. The minimum absolute atomic E-state index is 0.0484. The van der Waals surface area contributed by atoms with Crippen molar-refractivity contribution in [2.45, 2.75) is 32.2 Å². The lowest BCUT2D eigenvalue weighted by Gasteiger charge is -2.23. The van der Waals surface area contributed by atoms with Crippen LogP contribution in [0, 0.1) is 0 Å². The fraction of sp³-hybridized carbons (Fsp3) is 0.667. The number of aromatic nitrogens is 2. The molecule has 2 rings (SSSR count). The van der Waals surface area contributed by atoms with E-state index in [0.29, 0.717) is 23.9 Å². The Balaban J connectivity index is 1.98. The monoisotopic (exact) mass is 284 g/mol. The molecule has 1 fully saturated rings. The number of anilines is 2. The zero-order chi connectivity index (χ0) is 13.7. The van der Waals surface area contributed by atoms with E-state index in [4.69, 9.17) is 0 Å². The molecule has 0 spiro atoms. The highest BCUT2D eigenvalue weighted by Crippen LogP contribution is 2.16. The van der Waals surface area contributed by atoms with Gasteiger partial charge in [0.1, 0.15) is 5.82 Å². The maximum Gasteiger partial charge on any atom is 0.224 e. The Bertz CT molecular complexity index is 518. The number of rotatable bonds is 5. The van der Waals surface area contributed by atoms with Gasteiger partial charge in [0.25, 0.3) is 0 Å². The van der Waals surface area contributed by atoms with Crippen LogP contribution in [0.2, 0.25) is 0 Å². The van der Waals surface area contributed by atoms with Crippen LogP contribution in [0.1, 0.15) is 26.2 Å². The smallest absolute Gasteiger partial charge is 0.224 e. The van der Waals surface area contributed by atoms with E-state index in [1.165, 1.54) is 0 Å². The first-order valence-electron chi connectivity index (χ1n) is 6.63. The summed E-state index contributed by atoms with van der Waals surface area (Å²) in [5.74, 6) is 1.74. The minimum Gasteiger partial charge on any atom is -0.366 e. The van der Waals surface area contributed by atoms with Crippen LogP contribution in [0.4, 0.5) is 11.8 Å². The summed E-state index contributed by atoms with van der Waals surface area (Å²) >= 11 is 0. The molecule has 1 unspecified atom stereocenters. The van der Waals surface area contributed by atoms with Crippen LogP contribution in [0.15, 0.2) is 12.3 Å². The second-order valence-corrected chi connectivity index (χ2v) is 7.02. The van der Waals surface area contributed by atoms with E-state index in [2.05, 4.69) is 27.5 Å². The van der Waals surface area contributed by atoms with Gasteiger partial charge < -0.3 is 10.6 Å². The summed E-state index contributed by atoms with van der Waals surface area (Å²) in [5, 5.41) is 6.29. The number of sulfone groups is 1. The summed E-state index contributed by atoms with van der Waals surface area (Å²) in [4.78, 5) is 8.44. The Labute approximate surface area is 114 Å². The zero-order valence-electron chi connectivity index (χ0n) is 11.1. The van der Waals surface area contributed by atoms with Gasteiger partial charge in [-0.25, -0.2) is 13.4 Å². The Hall–Kier alpha value is -1.37. The molecule has 0 amide bonds. The third kappa shape index (κ3) is 4.34. The molecule has 106 valence electrons. The molecule has 6 nitrogen and oxygen atoms in total. The van der Waals surface area contributed by atoms with Gasteiger partial charge in [-0.05, 0) is 25.3 Å². The Morgan fingerprint density at radius 2 is 2.32 bits per heavy atom. The van der Waals surface area contributed by atoms with Crippen molar-refractivity contribution in [3.63, 3.8) is 0 Å². The molecule has 1 atom stereocenters. The molecule has 0 aliphatic carbocycles. The summed E-state index contributed by atoms with van der Waals surface area (Å²) < 4.78 is 23.1. The van der Waals surface area contributed by atoms with E-state index in [-0.39, 0.29) is 11.8 Å². The van der Waals surface area contributed by atoms with Crippen LogP contribution in [0.25, 0.3) is 0 Å². The molecule has 0 bridgehead atoms. The fourth-order valence-corrected chi connectivity index (χ4v) is 3.74. The van der Waals surface area contributed by atoms with Crippen molar-refractivity contribution in [3.05, 3.63) is 12.3 Å². The second kappa shape index (κ2) is 6.18. The van der Waals surface area contributed by atoms with E-state index in [9.17, 15) is 8.42 Å². The van der Waals surface area contributed by atoms with Crippen LogP contribution in [-0.2, 0) is 9.84 Å². The van der Waals surface area contributed by atoms with Gasteiger partial charge in [-0.2, -0.15) is 4.98 Å². The van der Waals surface area contributed by atoms with Crippen molar-refractivity contribution in [2.24, 2.45) is 0 Å². The highest BCUT2D eigenvalue weighted by molar-refractivity contribution is 7.91. The largest absolute Gasteiger partial charge is 0.366 e. The predicted octanol–water partition coefficient (Wildman–Crippen LogP) is 1.29. The van der Waals surface area contributed by atoms with Gasteiger partial charge in [-0.3, -0.25) is 0 Å². The number of hydrogen-bond acceptors (Lipinski definition) is 6. The van der Waals surface area contributed by atoms with Crippen molar-refractivity contribution in [1.82, 2.24) is 9.97 Å². The number of hydrogen-bond donors (Lipinski definition) is 2. The van der Waals surface area contributed by atoms with Crippen LogP contribution in [0.3, 0.4) is 0 Å². The average molecular weight is 284 g/mol. The highest BCUT2D eigenvalue weighted by atomic mass is 32.2. The summed E-state index contributed by atoms with van der Waals surface area (Å²) in [6.45, 7) is 2.89. The molecule has 1 aliphatic heterocycles. The van der Waals surface area contributed by atoms with Gasteiger partial charge in [0.2, 0.25) is 5.95 Å². The normalized spacial score (nSPS) is 21.8. The van der Waals surface area contributed by atoms with Crippen molar-refractivity contribution in [2.75, 3.05) is 28.7 Å². The van der Waals surface area contributed by atoms with Crippen molar-refractivity contribution < 1.29 is 8.42 Å². The second-order valence-electron chi connectivity index (χ2n) is 4.79. The Morgan fingerprint density at radius 1 is 1.47 bits per heavy atom. The minimum atomic E-state index is -2.90. The van der Waals surface area contributed by atoms with Gasteiger partial charge in [0, 0.05) is 18.8 Å². The van der Waals surface area contributed by atoms with Gasteiger partial charge in [-0.15, -0.1) is 0 Å². The first-order chi connectivity index (χ1) is 9.09. The fourth-order valence-electron chi connectivity index (χ4n) is 2.11. The van der Waals surface area contributed by atoms with E-state index in [1.807, 2.05) is 0 Å². The molecule has 2 heterocycles.